The molecule has 0 aliphatic carbocycles. The van der Waals surface area contributed by atoms with Crippen molar-refractivity contribution in [2.45, 2.75) is 64.2 Å². The first kappa shape index (κ1) is 17.3. The molecule has 0 saturated heterocycles. The summed E-state index contributed by atoms with van der Waals surface area (Å²) >= 11 is 0. The average Bonchev–Trinajstić information content (AvgIpc) is 2.56. The summed E-state index contributed by atoms with van der Waals surface area (Å²) < 4.78 is 0. The van der Waals surface area contributed by atoms with Crippen molar-refractivity contribution in [1.82, 2.24) is 4.98 Å². The van der Waals surface area contributed by atoms with Crippen LogP contribution in [0.4, 0.5) is 5.82 Å². The van der Waals surface area contributed by atoms with E-state index in [4.69, 9.17) is 5.11 Å². The number of hydrogen-bond donors (Lipinski definition) is 2. The zero-order valence-corrected chi connectivity index (χ0v) is 13.6. The summed E-state index contributed by atoms with van der Waals surface area (Å²) in [6.45, 7) is 0.960. The number of anilines is 1. The Morgan fingerprint density at radius 2 is 2.00 bits per heavy atom. The first-order valence-corrected chi connectivity index (χ1v) is 8.59. The standard InChI is InChI=1S/C18H25N3O2/c19-13-15-12-14-8-7-11-20-18(14)21-16(15)9-5-3-1-2-4-6-10-17(22)23/h12H,1-11H2,(H,20,21)(H,22,23). The number of rotatable bonds is 9. The van der Waals surface area contributed by atoms with Gasteiger partial charge in [0.05, 0.1) is 11.3 Å². The number of nitrogens with zero attached hydrogens (tertiary/aromatic N) is 2. The molecule has 1 aromatic heterocycles. The second-order valence-corrected chi connectivity index (χ2v) is 6.15. The van der Waals surface area contributed by atoms with Crippen molar-refractivity contribution in [2.75, 3.05) is 11.9 Å². The molecule has 0 aromatic carbocycles. The predicted molar refractivity (Wildman–Crippen MR) is 89.4 cm³/mol. The van der Waals surface area contributed by atoms with Gasteiger partial charge in [-0.3, -0.25) is 4.79 Å². The van der Waals surface area contributed by atoms with Crippen LogP contribution in [0.3, 0.4) is 0 Å². The highest BCUT2D eigenvalue weighted by Crippen LogP contribution is 2.23. The molecule has 5 heteroatoms. The van der Waals surface area contributed by atoms with Crippen LogP contribution in [0.5, 0.6) is 0 Å². The molecule has 0 fully saturated rings. The number of fused-ring (bicyclic) bond motifs is 1. The van der Waals surface area contributed by atoms with E-state index in [1.54, 1.807) is 0 Å². The van der Waals surface area contributed by atoms with Crippen molar-refractivity contribution in [3.63, 3.8) is 0 Å². The van der Waals surface area contributed by atoms with Crippen LogP contribution < -0.4 is 5.32 Å². The summed E-state index contributed by atoms with van der Waals surface area (Å²) in [4.78, 5) is 15.1. The van der Waals surface area contributed by atoms with Crippen LogP contribution >= 0.6 is 0 Å². The van der Waals surface area contributed by atoms with Gasteiger partial charge < -0.3 is 10.4 Å². The number of pyridine rings is 1. The molecule has 0 amide bonds. The number of aromatic nitrogens is 1. The Hall–Kier alpha value is -2.09. The molecule has 124 valence electrons. The SMILES string of the molecule is N#Cc1cc2c(nc1CCCCCCCCC(=O)O)NCCC2. The van der Waals surface area contributed by atoms with E-state index in [0.29, 0.717) is 5.56 Å². The zero-order chi connectivity index (χ0) is 16.5. The lowest BCUT2D eigenvalue weighted by atomic mass is 10.0. The van der Waals surface area contributed by atoms with Gasteiger partial charge in [-0.25, -0.2) is 4.98 Å². The lowest BCUT2D eigenvalue weighted by molar-refractivity contribution is -0.137. The minimum Gasteiger partial charge on any atom is -0.481 e. The maximum atomic E-state index is 10.4. The van der Waals surface area contributed by atoms with Gasteiger partial charge in [-0.1, -0.05) is 25.7 Å². The van der Waals surface area contributed by atoms with Crippen LogP contribution in [0.15, 0.2) is 6.07 Å². The van der Waals surface area contributed by atoms with E-state index in [2.05, 4.69) is 16.4 Å². The number of hydrogen-bond acceptors (Lipinski definition) is 4. The van der Waals surface area contributed by atoms with Crippen molar-refractivity contribution in [3.8, 4) is 6.07 Å². The molecule has 2 rings (SSSR count). The molecule has 0 radical (unpaired) electrons. The third kappa shape index (κ3) is 5.55. The van der Waals surface area contributed by atoms with Crippen LogP contribution in [-0.2, 0) is 17.6 Å². The van der Waals surface area contributed by atoms with E-state index in [1.807, 2.05) is 6.07 Å². The average molecular weight is 315 g/mol. The number of unbranched alkanes of at least 4 members (excludes halogenated alkanes) is 5. The van der Waals surface area contributed by atoms with Crippen LogP contribution in [0.1, 0.15) is 68.2 Å². The van der Waals surface area contributed by atoms with Crippen molar-refractivity contribution in [1.29, 1.82) is 5.26 Å². The van der Waals surface area contributed by atoms with E-state index in [0.717, 1.165) is 81.4 Å². The summed E-state index contributed by atoms with van der Waals surface area (Å²) in [5.41, 5.74) is 2.79. The van der Waals surface area contributed by atoms with E-state index < -0.39 is 5.97 Å². The van der Waals surface area contributed by atoms with Gasteiger partial charge in [0.2, 0.25) is 0 Å². The Bertz CT molecular complexity index is 578. The Balaban J connectivity index is 1.73. The van der Waals surface area contributed by atoms with E-state index in [-0.39, 0.29) is 6.42 Å². The van der Waals surface area contributed by atoms with Gasteiger partial charge >= 0.3 is 5.97 Å². The van der Waals surface area contributed by atoms with Gasteiger partial charge in [0.15, 0.2) is 0 Å². The highest BCUT2D eigenvalue weighted by molar-refractivity contribution is 5.66. The molecule has 2 N–H and O–H groups in total. The molecule has 2 heterocycles. The van der Waals surface area contributed by atoms with Gasteiger partial charge in [0, 0.05) is 13.0 Å². The highest BCUT2D eigenvalue weighted by Gasteiger charge is 2.14. The minimum absolute atomic E-state index is 0.275. The fraction of sp³-hybridized carbons (Fsp3) is 0.611. The fourth-order valence-corrected chi connectivity index (χ4v) is 2.99. The zero-order valence-electron chi connectivity index (χ0n) is 13.6. The predicted octanol–water partition coefficient (Wildman–Crippen LogP) is 3.67. The second-order valence-electron chi connectivity index (χ2n) is 6.15. The quantitative estimate of drug-likeness (QED) is 0.679. The van der Waals surface area contributed by atoms with Crippen LogP contribution in [0.2, 0.25) is 0 Å². The molecule has 0 atom stereocenters. The molecular weight excluding hydrogens is 290 g/mol. The van der Waals surface area contributed by atoms with Gasteiger partial charge in [-0.15, -0.1) is 0 Å². The van der Waals surface area contributed by atoms with Crippen LogP contribution in [0.25, 0.3) is 0 Å². The van der Waals surface area contributed by atoms with Gasteiger partial charge in [0.1, 0.15) is 11.9 Å². The smallest absolute Gasteiger partial charge is 0.303 e. The maximum Gasteiger partial charge on any atom is 0.303 e. The van der Waals surface area contributed by atoms with Crippen molar-refractivity contribution < 1.29 is 9.90 Å². The topological polar surface area (TPSA) is 86.0 Å². The lowest BCUT2D eigenvalue weighted by Crippen LogP contribution is -2.15. The molecule has 0 saturated carbocycles. The Morgan fingerprint density at radius 3 is 2.74 bits per heavy atom. The number of carboxylic acid groups (broad SMARTS) is 1. The molecule has 1 aliphatic heterocycles. The number of nitrogens with one attached hydrogen (secondary N) is 1. The van der Waals surface area contributed by atoms with Crippen molar-refractivity contribution >= 4 is 11.8 Å². The molecular formula is C18H25N3O2. The number of carbonyl (C=O) groups is 1. The molecule has 0 unspecified atom stereocenters. The van der Waals surface area contributed by atoms with E-state index >= 15 is 0 Å². The molecule has 0 bridgehead atoms. The lowest BCUT2D eigenvalue weighted by Gasteiger charge is -2.18. The Morgan fingerprint density at radius 1 is 1.26 bits per heavy atom. The molecule has 1 aromatic rings. The molecule has 23 heavy (non-hydrogen) atoms. The Kier molecular flexibility index (Phi) is 6.86. The van der Waals surface area contributed by atoms with Crippen LogP contribution in [-0.4, -0.2) is 22.6 Å². The third-order valence-electron chi connectivity index (χ3n) is 4.27. The minimum atomic E-state index is -0.707. The van der Waals surface area contributed by atoms with Gasteiger partial charge in [0.25, 0.3) is 0 Å². The monoisotopic (exact) mass is 315 g/mol. The summed E-state index contributed by atoms with van der Waals surface area (Å²) in [6, 6.07) is 4.27. The van der Waals surface area contributed by atoms with Crippen LogP contribution in [0, 0.1) is 11.3 Å². The van der Waals surface area contributed by atoms with Crippen molar-refractivity contribution in [2.24, 2.45) is 0 Å². The largest absolute Gasteiger partial charge is 0.481 e. The number of aryl methyl sites for hydroxylation is 2. The number of carboxylic acids is 1. The highest BCUT2D eigenvalue weighted by atomic mass is 16.4. The first-order chi connectivity index (χ1) is 11.2. The summed E-state index contributed by atoms with van der Waals surface area (Å²) in [5, 5.41) is 21.2. The summed E-state index contributed by atoms with van der Waals surface area (Å²) in [7, 11) is 0. The maximum absolute atomic E-state index is 10.4. The molecule has 5 nitrogen and oxygen atoms in total. The molecule has 0 spiro atoms. The second kappa shape index (κ2) is 9.14. The van der Waals surface area contributed by atoms with Gasteiger partial charge in [-0.05, 0) is 43.7 Å². The normalized spacial score (nSPS) is 13.0. The van der Waals surface area contributed by atoms with E-state index in [9.17, 15) is 10.1 Å². The number of aliphatic carboxylic acids is 1. The molecule has 1 aliphatic rings. The number of nitriles is 1. The van der Waals surface area contributed by atoms with Crippen molar-refractivity contribution in [3.05, 3.63) is 22.9 Å². The first-order valence-electron chi connectivity index (χ1n) is 8.59. The fourth-order valence-electron chi connectivity index (χ4n) is 2.99. The summed E-state index contributed by atoms with van der Waals surface area (Å²) in [6.07, 6.45) is 9.29. The third-order valence-corrected chi connectivity index (χ3v) is 4.27. The van der Waals surface area contributed by atoms with Gasteiger partial charge in [-0.2, -0.15) is 5.26 Å². The summed E-state index contributed by atoms with van der Waals surface area (Å²) in [5.74, 6) is 0.250. The Labute approximate surface area is 137 Å². The van der Waals surface area contributed by atoms with E-state index in [1.165, 1.54) is 0 Å².